The lowest BCUT2D eigenvalue weighted by molar-refractivity contribution is -0.113. The van der Waals surface area contributed by atoms with Gasteiger partial charge in [0.2, 0.25) is 11.8 Å². The molecule has 0 saturated carbocycles. The average molecular weight is 371 g/mol. The van der Waals surface area contributed by atoms with Crippen LogP contribution in [0, 0.1) is 5.82 Å². The van der Waals surface area contributed by atoms with Crippen molar-refractivity contribution < 1.29 is 13.6 Å². The van der Waals surface area contributed by atoms with Gasteiger partial charge in [0, 0.05) is 6.42 Å². The number of nitrogens with one attached hydrogen (secondary N) is 1. The molecule has 26 heavy (non-hydrogen) atoms. The van der Waals surface area contributed by atoms with E-state index in [9.17, 15) is 9.18 Å². The molecule has 0 spiro atoms. The Morgan fingerprint density at radius 1 is 1.15 bits per heavy atom. The number of hydrogen-bond donors (Lipinski definition) is 1. The first-order chi connectivity index (χ1) is 12.6. The number of hydrogen-bond acceptors (Lipinski definition) is 5. The van der Waals surface area contributed by atoms with Gasteiger partial charge in [-0.1, -0.05) is 61.2 Å². The van der Waals surface area contributed by atoms with Crippen molar-refractivity contribution in [3.8, 4) is 0 Å². The van der Waals surface area contributed by atoms with Crippen LogP contribution in [0.5, 0.6) is 0 Å². The number of carbonyl (C=O) groups excluding carboxylic acids is 1. The Balaban J connectivity index is 1.51. The molecule has 1 aromatic heterocycles. The van der Waals surface area contributed by atoms with Crippen LogP contribution >= 0.6 is 11.8 Å². The van der Waals surface area contributed by atoms with Crippen LogP contribution in [0.15, 0.2) is 64.2 Å². The van der Waals surface area contributed by atoms with Gasteiger partial charge < -0.3 is 9.73 Å². The Morgan fingerprint density at radius 2 is 1.88 bits per heavy atom. The highest BCUT2D eigenvalue weighted by Gasteiger charge is 2.14. The minimum absolute atomic E-state index is 0.0597. The van der Waals surface area contributed by atoms with Crippen molar-refractivity contribution in [3.05, 3.63) is 71.9 Å². The van der Waals surface area contributed by atoms with Crippen LogP contribution in [0.2, 0.25) is 0 Å². The van der Waals surface area contributed by atoms with Crippen molar-refractivity contribution in [2.75, 3.05) is 11.1 Å². The molecule has 1 unspecified atom stereocenters. The molecule has 7 heteroatoms. The number of anilines is 1. The fourth-order valence-electron chi connectivity index (χ4n) is 2.42. The number of carbonyl (C=O) groups is 1. The standard InChI is InChI=1S/C19H18FN3O2S/c1-13(14-7-3-2-4-8-14)11-18-22-23-19(25-18)26-12-17(24)21-16-10-6-5-9-15(16)20/h2-10,13H,11-12H2,1H3,(H,21,24). The monoisotopic (exact) mass is 371 g/mol. The van der Waals surface area contributed by atoms with Gasteiger partial charge in [-0.15, -0.1) is 10.2 Å². The highest BCUT2D eigenvalue weighted by atomic mass is 32.2. The van der Waals surface area contributed by atoms with Crippen LogP contribution in [0.4, 0.5) is 10.1 Å². The summed E-state index contributed by atoms with van der Waals surface area (Å²) in [7, 11) is 0. The lowest BCUT2D eigenvalue weighted by Gasteiger charge is -2.08. The second kappa shape index (κ2) is 8.62. The van der Waals surface area contributed by atoms with Gasteiger partial charge in [0.15, 0.2) is 0 Å². The molecule has 0 saturated heterocycles. The molecule has 134 valence electrons. The number of para-hydroxylation sites is 1. The highest BCUT2D eigenvalue weighted by Crippen LogP contribution is 2.22. The maximum absolute atomic E-state index is 13.5. The summed E-state index contributed by atoms with van der Waals surface area (Å²) in [6.45, 7) is 2.09. The molecule has 0 radical (unpaired) electrons. The van der Waals surface area contributed by atoms with E-state index >= 15 is 0 Å². The van der Waals surface area contributed by atoms with E-state index in [1.165, 1.54) is 17.7 Å². The van der Waals surface area contributed by atoms with Crippen LogP contribution in [-0.2, 0) is 11.2 Å². The van der Waals surface area contributed by atoms with E-state index in [2.05, 4.69) is 34.6 Å². The molecule has 0 bridgehead atoms. The summed E-state index contributed by atoms with van der Waals surface area (Å²) in [6, 6.07) is 16.1. The fraction of sp³-hybridized carbons (Fsp3) is 0.211. The molecule has 0 aliphatic carbocycles. The summed E-state index contributed by atoms with van der Waals surface area (Å²) >= 11 is 1.12. The van der Waals surface area contributed by atoms with Crippen LogP contribution < -0.4 is 5.32 Å². The van der Waals surface area contributed by atoms with Gasteiger partial charge in [0.25, 0.3) is 5.22 Å². The third kappa shape index (κ3) is 4.92. The third-order valence-electron chi connectivity index (χ3n) is 3.77. The molecule has 0 aliphatic rings. The molecular weight excluding hydrogens is 353 g/mol. The van der Waals surface area contributed by atoms with Gasteiger partial charge in [0.1, 0.15) is 5.82 Å². The SMILES string of the molecule is CC(Cc1nnc(SCC(=O)Nc2ccccc2F)o1)c1ccccc1. The number of aromatic nitrogens is 2. The number of nitrogens with zero attached hydrogens (tertiary/aromatic N) is 2. The Hall–Kier alpha value is -2.67. The van der Waals surface area contributed by atoms with Gasteiger partial charge in [0.05, 0.1) is 11.4 Å². The Labute approximate surface area is 155 Å². The molecule has 1 heterocycles. The summed E-state index contributed by atoms with van der Waals surface area (Å²) in [5, 5.41) is 10.8. The molecule has 1 atom stereocenters. The minimum atomic E-state index is -0.471. The van der Waals surface area contributed by atoms with Crippen molar-refractivity contribution in [1.29, 1.82) is 0 Å². The van der Waals surface area contributed by atoms with Gasteiger partial charge in [-0.3, -0.25) is 4.79 Å². The van der Waals surface area contributed by atoms with Crippen molar-refractivity contribution in [2.24, 2.45) is 0 Å². The van der Waals surface area contributed by atoms with Crippen LogP contribution in [0.25, 0.3) is 0 Å². The summed E-state index contributed by atoms with van der Waals surface area (Å²) in [5.41, 5.74) is 1.35. The topological polar surface area (TPSA) is 68.0 Å². The first kappa shape index (κ1) is 18.1. The van der Waals surface area contributed by atoms with E-state index in [1.54, 1.807) is 12.1 Å². The largest absolute Gasteiger partial charge is 0.416 e. The molecule has 2 aromatic carbocycles. The molecule has 0 fully saturated rings. The number of halogens is 1. The molecule has 3 aromatic rings. The van der Waals surface area contributed by atoms with E-state index < -0.39 is 5.82 Å². The lowest BCUT2D eigenvalue weighted by Crippen LogP contribution is -2.14. The number of benzene rings is 2. The van der Waals surface area contributed by atoms with E-state index in [0.29, 0.717) is 17.5 Å². The smallest absolute Gasteiger partial charge is 0.277 e. The van der Waals surface area contributed by atoms with Crippen molar-refractivity contribution in [3.63, 3.8) is 0 Å². The summed E-state index contributed by atoms with van der Waals surface area (Å²) in [4.78, 5) is 11.9. The van der Waals surface area contributed by atoms with Gasteiger partial charge in [-0.05, 0) is 23.6 Å². The first-order valence-electron chi connectivity index (χ1n) is 8.16. The zero-order chi connectivity index (χ0) is 18.4. The predicted octanol–water partition coefficient (Wildman–Crippen LogP) is 4.29. The summed E-state index contributed by atoms with van der Waals surface area (Å²) in [5.74, 6) is 0.0278. The second-order valence-corrected chi connectivity index (χ2v) is 6.72. The Morgan fingerprint density at radius 3 is 2.65 bits per heavy atom. The van der Waals surface area contributed by atoms with Crippen molar-refractivity contribution in [2.45, 2.75) is 24.5 Å². The van der Waals surface area contributed by atoms with Crippen molar-refractivity contribution in [1.82, 2.24) is 10.2 Å². The zero-order valence-corrected chi connectivity index (χ0v) is 15.0. The first-order valence-corrected chi connectivity index (χ1v) is 9.15. The third-order valence-corrected chi connectivity index (χ3v) is 4.59. The van der Waals surface area contributed by atoms with E-state index in [4.69, 9.17) is 4.42 Å². The van der Waals surface area contributed by atoms with E-state index in [-0.39, 0.29) is 23.3 Å². The number of rotatable bonds is 7. The zero-order valence-electron chi connectivity index (χ0n) is 14.2. The normalized spacial score (nSPS) is 11.9. The molecule has 5 nitrogen and oxygen atoms in total. The Kier molecular flexibility index (Phi) is 6.01. The highest BCUT2D eigenvalue weighted by molar-refractivity contribution is 7.99. The van der Waals surface area contributed by atoms with Crippen LogP contribution in [0.3, 0.4) is 0 Å². The van der Waals surface area contributed by atoms with Gasteiger partial charge >= 0.3 is 0 Å². The summed E-state index contributed by atoms with van der Waals surface area (Å²) in [6.07, 6.45) is 0.624. The van der Waals surface area contributed by atoms with Gasteiger partial charge in [-0.25, -0.2) is 4.39 Å². The molecule has 3 rings (SSSR count). The fourth-order valence-corrected chi connectivity index (χ4v) is 3.00. The van der Waals surface area contributed by atoms with Crippen LogP contribution in [0.1, 0.15) is 24.3 Å². The lowest BCUT2D eigenvalue weighted by atomic mass is 9.98. The number of thioether (sulfide) groups is 1. The quantitative estimate of drug-likeness (QED) is 0.628. The minimum Gasteiger partial charge on any atom is -0.416 e. The molecule has 1 amide bonds. The van der Waals surface area contributed by atoms with E-state index in [0.717, 1.165) is 11.8 Å². The number of amides is 1. The predicted molar refractivity (Wildman–Crippen MR) is 98.6 cm³/mol. The van der Waals surface area contributed by atoms with Crippen LogP contribution in [-0.4, -0.2) is 21.9 Å². The van der Waals surface area contributed by atoms with E-state index in [1.807, 2.05) is 18.2 Å². The summed E-state index contributed by atoms with van der Waals surface area (Å²) < 4.78 is 19.1. The maximum Gasteiger partial charge on any atom is 0.277 e. The molecular formula is C19H18FN3O2S. The molecule has 0 aliphatic heterocycles. The second-order valence-electron chi connectivity index (χ2n) is 5.79. The Bertz CT molecular complexity index is 870. The average Bonchev–Trinajstić information content (AvgIpc) is 3.10. The maximum atomic E-state index is 13.5. The molecule has 1 N–H and O–H groups in total. The van der Waals surface area contributed by atoms with Gasteiger partial charge in [-0.2, -0.15) is 0 Å². The van der Waals surface area contributed by atoms with Crippen molar-refractivity contribution >= 4 is 23.4 Å².